The van der Waals surface area contributed by atoms with E-state index in [1.807, 2.05) is 31.2 Å². The maximum absolute atomic E-state index is 12.0. The van der Waals surface area contributed by atoms with E-state index in [1.54, 1.807) is 0 Å². The first kappa shape index (κ1) is 16.7. The SMILES string of the molecule is Cc1ccc2cc(C#N)c(SCC(=O)NC[C@@H]3CCCO3)nc2c1. The molecular weight excluding hydrogens is 322 g/mol. The third-order valence-corrected chi connectivity index (χ3v) is 4.94. The number of nitriles is 1. The third-order valence-electron chi connectivity index (χ3n) is 3.95. The molecule has 3 rings (SSSR count). The number of aryl methyl sites for hydroxylation is 1. The van der Waals surface area contributed by atoms with Crippen molar-refractivity contribution in [1.82, 2.24) is 10.3 Å². The normalized spacial score (nSPS) is 16.9. The van der Waals surface area contributed by atoms with Crippen molar-refractivity contribution in [3.05, 3.63) is 35.4 Å². The number of pyridine rings is 1. The second-order valence-corrected chi connectivity index (χ2v) is 6.84. The highest BCUT2D eigenvalue weighted by molar-refractivity contribution is 8.00. The van der Waals surface area contributed by atoms with Crippen LogP contribution in [-0.4, -0.2) is 35.9 Å². The van der Waals surface area contributed by atoms with Gasteiger partial charge in [-0.1, -0.05) is 23.9 Å². The highest BCUT2D eigenvalue weighted by Gasteiger charge is 2.16. The van der Waals surface area contributed by atoms with E-state index in [9.17, 15) is 10.1 Å². The van der Waals surface area contributed by atoms with Crippen LogP contribution >= 0.6 is 11.8 Å². The minimum atomic E-state index is -0.0643. The summed E-state index contributed by atoms with van der Waals surface area (Å²) in [7, 11) is 0. The van der Waals surface area contributed by atoms with E-state index < -0.39 is 0 Å². The number of benzene rings is 1. The summed E-state index contributed by atoms with van der Waals surface area (Å²) < 4.78 is 5.49. The summed E-state index contributed by atoms with van der Waals surface area (Å²) in [5.74, 6) is 0.177. The number of ether oxygens (including phenoxy) is 1. The van der Waals surface area contributed by atoms with Gasteiger partial charge in [0.05, 0.1) is 22.9 Å². The van der Waals surface area contributed by atoms with E-state index in [2.05, 4.69) is 16.4 Å². The number of nitrogens with one attached hydrogen (secondary N) is 1. The second kappa shape index (κ2) is 7.65. The molecule has 1 aromatic carbocycles. The number of hydrogen-bond donors (Lipinski definition) is 1. The van der Waals surface area contributed by atoms with Crippen molar-refractivity contribution in [2.24, 2.45) is 0 Å². The summed E-state index contributed by atoms with van der Waals surface area (Å²) >= 11 is 1.30. The number of thioether (sulfide) groups is 1. The monoisotopic (exact) mass is 341 g/mol. The zero-order chi connectivity index (χ0) is 16.9. The Morgan fingerprint density at radius 3 is 3.12 bits per heavy atom. The number of carbonyl (C=O) groups is 1. The molecule has 1 atom stereocenters. The molecule has 24 heavy (non-hydrogen) atoms. The zero-order valence-electron chi connectivity index (χ0n) is 13.5. The van der Waals surface area contributed by atoms with E-state index in [4.69, 9.17) is 4.74 Å². The average Bonchev–Trinajstić information content (AvgIpc) is 3.10. The van der Waals surface area contributed by atoms with Crippen molar-refractivity contribution < 1.29 is 9.53 Å². The first-order chi connectivity index (χ1) is 11.7. The molecule has 5 nitrogen and oxygen atoms in total. The molecule has 1 saturated heterocycles. The van der Waals surface area contributed by atoms with Gasteiger partial charge in [-0.3, -0.25) is 4.79 Å². The lowest BCUT2D eigenvalue weighted by Crippen LogP contribution is -2.32. The summed E-state index contributed by atoms with van der Waals surface area (Å²) in [6.45, 7) is 3.33. The summed E-state index contributed by atoms with van der Waals surface area (Å²) in [6.07, 6.45) is 2.19. The van der Waals surface area contributed by atoms with Crippen LogP contribution in [-0.2, 0) is 9.53 Å². The standard InChI is InChI=1S/C18H19N3O2S/c1-12-4-5-13-8-14(9-19)18(21-16(13)7-12)24-11-17(22)20-10-15-3-2-6-23-15/h4-5,7-8,15H,2-3,6,10-11H2,1H3,(H,20,22)/t15-/m0/s1. The molecule has 0 spiro atoms. The third kappa shape index (κ3) is 4.05. The summed E-state index contributed by atoms with van der Waals surface area (Å²) in [4.78, 5) is 16.5. The molecule has 1 fully saturated rings. The number of amides is 1. The van der Waals surface area contributed by atoms with Crippen molar-refractivity contribution >= 4 is 28.6 Å². The fraction of sp³-hybridized carbons (Fsp3) is 0.389. The quantitative estimate of drug-likeness (QED) is 0.847. The molecule has 0 aliphatic carbocycles. The Morgan fingerprint density at radius 2 is 2.38 bits per heavy atom. The van der Waals surface area contributed by atoms with E-state index in [-0.39, 0.29) is 17.8 Å². The molecule has 0 bridgehead atoms. The minimum Gasteiger partial charge on any atom is -0.376 e. The van der Waals surface area contributed by atoms with Crippen molar-refractivity contribution in [2.45, 2.75) is 30.9 Å². The van der Waals surface area contributed by atoms with Crippen molar-refractivity contribution in [2.75, 3.05) is 18.9 Å². The van der Waals surface area contributed by atoms with Gasteiger partial charge in [0.1, 0.15) is 11.1 Å². The molecule has 2 heterocycles. The first-order valence-corrected chi connectivity index (χ1v) is 8.97. The summed E-state index contributed by atoms with van der Waals surface area (Å²) in [6, 6.07) is 9.94. The predicted molar refractivity (Wildman–Crippen MR) is 93.9 cm³/mol. The van der Waals surface area contributed by atoms with Gasteiger partial charge in [-0.2, -0.15) is 5.26 Å². The van der Waals surface area contributed by atoms with E-state index in [0.717, 1.165) is 35.9 Å². The number of aromatic nitrogens is 1. The number of carbonyl (C=O) groups excluding carboxylic acids is 1. The summed E-state index contributed by atoms with van der Waals surface area (Å²) in [5.41, 5.74) is 2.46. The number of nitrogens with zero attached hydrogens (tertiary/aromatic N) is 2. The lowest BCUT2D eigenvalue weighted by molar-refractivity contribution is -0.119. The number of rotatable bonds is 5. The molecule has 2 aromatic rings. The van der Waals surface area contributed by atoms with E-state index in [1.165, 1.54) is 11.8 Å². The van der Waals surface area contributed by atoms with Crippen LogP contribution in [0.5, 0.6) is 0 Å². The Kier molecular flexibility index (Phi) is 5.34. The van der Waals surface area contributed by atoms with Crippen LogP contribution in [0.4, 0.5) is 0 Å². The molecule has 0 unspecified atom stereocenters. The number of hydrogen-bond acceptors (Lipinski definition) is 5. The van der Waals surface area contributed by atoms with Crippen LogP contribution in [0.2, 0.25) is 0 Å². The Balaban J connectivity index is 1.65. The van der Waals surface area contributed by atoms with Gasteiger partial charge >= 0.3 is 0 Å². The lowest BCUT2D eigenvalue weighted by atomic mass is 10.1. The van der Waals surface area contributed by atoms with Gasteiger partial charge in [0, 0.05) is 18.5 Å². The zero-order valence-corrected chi connectivity index (χ0v) is 14.4. The minimum absolute atomic E-state index is 0.0643. The molecule has 1 aliphatic rings. The summed E-state index contributed by atoms with van der Waals surface area (Å²) in [5, 5.41) is 13.7. The average molecular weight is 341 g/mol. The van der Waals surface area contributed by atoms with E-state index in [0.29, 0.717) is 17.1 Å². The Labute approximate surface area is 145 Å². The maximum Gasteiger partial charge on any atom is 0.230 e. The van der Waals surface area contributed by atoms with Crippen LogP contribution in [0.25, 0.3) is 10.9 Å². The maximum atomic E-state index is 12.0. The van der Waals surface area contributed by atoms with Crippen molar-refractivity contribution in [1.29, 1.82) is 5.26 Å². The van der Waals surface area contributed by atoms with Gasteiger partial charge < -0.3 is 10.1 Å². The van der Waals surface area contributed by atoms with Crippen molar-refractivity contribution in [3.63, 3.8) is 0 Å². The molecule has 1 aliphatic heterocycles. The van der Waals surface area contributed by atoms with Crippen molar-refractivity contribution in [3.8, 4) is 6.07 Å². The highest BCUT2D eigenvalue weighted by atomic mass is 32.2. The number of fused-ring (bicyclic) bond motifs is 1. The van der Waals surface area contributed by atoms with E-state index >= 15 is 0 Å². The lowest BCUT2D eigenvalue weighted by Gasteiger charge is -2.11. The predicted octanol–water partition coefficient (Wildman–Crippen LogP) is 2.80. The molecule has 0 radical (unpaired) electrons. The van der Waals surface area contributed by atoms with Gasteiger partial charge in [0.2, 0.25) is 5.91 Å². The molecule has 124 valence electrons. The van der Waals surface area contributed by atoms with Gasteiger partial charge in [0.15, 0.2) is 0 Å². The van der Waals surface area contributed by atoms with Crippen LogP contribution in [0.1, 0.15) is 24.0 Å². The topological polar surface area (TPSA) is 75.0 Å². The van der Waals surface area contributed by atoms with Crippen LogP contribution in [0, 0.1) is 18.3 Å². The van der Waals surface area contributed by atoms with Gasteiger partial charge in [-0.05, 0) is 37.5 Å². The molecule has 0 saturated carbocycles. The van der Waals surface area contributed by atoms with Crippen LogP contribution in [0.15, 0.2) is 29.3 Å². The Bertz CT molecular complexity index is 795. The smallest absolute Gasteiger partial charge is 0.230 e. The largest absolute Gasteiger partial charge is 0.376 e. The molecule has 1 aromatic heterocycles. The fourth-order valence-corrected chi connectivity index (χ4v) is 3.46. The molecule has 6 heteroatoms. The van der Waals surface area contributed by atoms with Gasteiger partial charge in [-0.25, -0.2) is 4.98 Å². The fourth-order valence-electron chi connectivity index (χ4n) is 2.67. The second-order valence-electron chi connectivity index (χ2n) is 5.88. The highest BCUT2D eigenvalue weighted by Crippen LogP contribution is 2.25. The Morgan fingerprint density at radius 1 is 1.50 bits per heavy atom. The molecule has 1 amide bonds. The molecule has 1 N–H and O–H groups in total. The Hall–Kier alpha value is -2.10. The van der Waals surface area contributed by atoms with Crippen LogP contribution in [0.3, 0.4) is 0 Å². The first-order valence-electron chi connectivity index (χ1n) is 7.98. The van der Waals surface area contributed by atoms with Gasteiger partial charge in [-0.15, -0.1) is 0 Å². The molecular formula is C18H19N3O2S. The van der Waals surface area contributed by atoms with Gasteiger partial charge in [0.25, 0.3) is 0 Å². The van der Waals surface area contributed by atoms with Crippen LogP contribution < -0.4 is 5.32 Å².